The van der Waals surface area contributed by atoms with Crippen LogP contribution in [0.5, 0.6) is 5.75 Å². The second-order valence-corrected chi connectivity index (χ2v) is 10.4. The third kappa shape index (κ3) is 6.48. The molecule has 37 heavy (non-hydrogen) atoms. The van der Waals surface area contributed by atoms with Gasteiger partial charge in [-0.1, -0.05) is 67.1 Å². The summed E-state index contributed by atoms with van der Waals surface area (Å²) in [5, 5.41) is 2.62. The Morgan fingerprint density at radius 1 is 0.946 bits per heavy atom. The van der Waals surface area contributed by atoms with Crippen LogP contribution in [0.2, 0.25) is 0 Å². The lowest BCUT2D eigenvalue weighted by atomic mass is 10.1. The first-order valence-electron chi connectivity index (χ1n) is 12.0. The van der Waals surface area contributed by atoms with Crippen LogP contribution in [-0.2, 0) is 26.2 Å². The Kier molecular flexibility index (Phi) is 9.30. The molecule has 1 atom stereocenters. The molecule has 0 radical (unpaired) electrons. The molecular formula is C28H33N3O5S. The number of nitrogens with zero attached hydrogens (tertiary/aromatic N) is 2. The minimum Gasteiger partial charge on any atom is -0.495 e. The van der Waals surface area contributed by atoms with Gasteiger partial charge in [0, 0.05) is 13.6 Å². The molecular weight excluding hydrogens is 490 g/mol. The number of benzene rings is 3. The number of hydrogen-bond acceptors (Lipinski definition) is 5. The number of para-hydroxylation sites is 2. The fraction of sp³-hybridized carbons (Fsp3) is 0.286. The summed E-state index contributed by atoms with van der Waals surface area (Å²) in [7, 11) is -1.19. The van der Waals surface area contributed by atoms with Gasteiger partial charge < -0.3 is 15.0 Å². The molecule has 0 unspecified atom stereocenters. The van der Waals surface area contributed by atoms with E-state index >= 15 is 0 Å². The van der Waals surface area contributed by atoms with Gasteiger partial charge in [0.1, 0.15) is 18.3 Å². The van der Waals surface area contributed by atoms with Crippen LogP contribution in [0.4, 0.5) is 5.69 Å². The molecule has 3 aromatic carbocycles. The number of amides is 2. The number of methoxy groups -OCH3 is 1. The maximum atomic E-state index is 13.9. The van der Waals surface area contributed by atoms with Crippen LogP contribution in [0.15, 0.2) is 83.8 Å². The number of carbonyl (C=O) groups excluding carboxylic acids is 2. The van der Waals surface area contributed by atoms with Crippen molar-refractivity contribution in [3.05, 3.63) is 90.0 Å². The lowest BCUT2D eigenvalue weighted by molar-refractivity contribution is -0.140. The lowest BCUT2D eigenvalue weighted by Gasteiger charge is -2.33. The summed E-state index contributed by atoms with van der Waals surface area (Å²) in [6, 6.07) is 21.4. The van der Waals surface area contributed by atoms with Crippen molar-refractivity contribution in [2.45, 2.75) is 37.8 Å². The maximum Gasteiger partial charge on any atom is 0.264 e. The third-order valence-electron chi connectivity index (χ3n) is 6.07. The molecule has 0 saturated carbocycles. The van der Waals surface area contributed by atoms with Crippen LogP contribution < -0.4 is 14.4 Å². The summed E-state index contributed by atoms with van der Waals surface area (Å²) in [6.45, 7) is 3.41. The van der Waals surface area contributed by atoms with Gasteiger partial charge in [-0.15, -0.1) is 0 Å². The molecule has 1 N–H and O–H groups in total. The van der Waals surface area contributed by atoms with E-state index in [1.54, 1.807) is 42.5 Å². The van der Waals surface area contributed by atoms with Crippen molar-refractivity contribution >= 4 is 27.5 Å². The normalized spacial score (nSPS) is 11.9. The van der Waals surface area contributed by atoms with Crippen molar-refractivity contribution in [1.29, 1.82) is 0 Å². The van der Waals surface area contributed by atoms with Gasteiger partial charge in [0.2, 0.25) is 11.8 Å². The standard InChI is InChI=1S/C28H33N3O5S/c1-5-24(28(33)29-3)30(19-22-17-15-21(2)16-18-22)27(32)20-31(25-13-9-10-14-26(25)36-4)37(34,35)23-11-7-6-8-12-23/h6-18,24H,5,19-20H2,1-4H3,(H,29,33)/t24-/m0/s1. The zero-order chi connectivity index (χ0) is 27.0. The van der Waals surface area contributed by atoms with E-state index in [9.17, 15) is 18.0 Å². The first kappa shape index (κ1) is 27.7. The van der Waals surface area contributed by atoms with Gasteiger partial charge in [-0.3, -0.25) is 13.9 Å². The van der Waals surface area contributed by atoms with Gasteiger partial charge in [-0.05, 0) is 43.2 Å². The molecule has 0 heterocycles. The van der Waals surface area contributed by atoms with E-state index in [1.165, 1.54) is 31.2 Å². The largest absolute Gasteiger partial charge is 0.495 e. The molecule has 0 spiro atoms. The van der Waals surface area contributed by atoms with E-state index in [1.807, 2.05) is 38.1 Å². The zero-order valence-electron chi connectivity index (χ0n) is 21.5. The van der Waals surface area contributed by atoms with Crippen LogP contribution in [0.3, 0.4) is 0 Å². The van der Waals surface area contributed by atoms with Crippen molar-refractivity contribution in [2.24, 2.45) is 0 Å². The minimum absolute atomic E-state index is 0.0390. The van der Waals surface area contributed by atoms with Gasteiger partial charge in [-0.25, -0.2) is 8.42 Å². The molecule has 0 aliphatic heterocycles. The average molecular weight is 524 g/mol. The van der Waals surface area contributed by atoms with Gasteiger partial charge >= 0.3 is 0 Å². The topological polar surface area (TPSA) is 96.0 Å². The first-order chi connectivity index (χ1) is 17.7. The highest BCUT2D eigenvalue weighted by Gasteiger charge is 2.34. The fourth-order valence-electron chi connectivity index (χ4n) is 4.05. The van der Waals surface area contributed by atoms with Crippen molar-refractivity contribution in [3.8, 4) is 5.75 Å². The molecule has 8 nitrogen and oxygen atoms in total. The Morgan fingerprint density at radius 2 is 1.57 bits per heavy atom. The monoisotopic (exact) mass is 523 g/mol. The molecule has 3 aromatic rings. The Bertz CT molecular complexity index is 1310. The first-order valence-corrected chi connectivity index (χ1v) is 13.4. The van der Waals surface area contributed by atoms with Gasteiger partial charge in [0.15, 0.2) is 0 Å². The number of ether oxygens (including phenoxy) is 1. The zero-order valence-corrected chi connectivity index (χ0v) is 22.4. The second-order valence-electron chi connectivity index (χ2n) is 8.54. The third-order valence-corrected chi connectivity index (χ3v) is 7.84. The van der Waals surface area contributed by atoms with E-state index in [-0.39, 0.29) is 23.0 Å². The van der Waals surface area contributed by atoms with Crippen molar-refractivity contribution < 1.29 is 22.7 Å². The Balaban J connectivity index is 2.08. The molecule has 0 saturated heterocycles. The summed E-state index contributed by atoms with van der Waals surface area (Å²) < 4.78 is 34.1. The van der Waals surface area contributed by atoms with Gasteiger partial charge in [-0.2, -0.15) is 0 Å². The SMILES string of the molecule is CC[C@@H](C(=O)NC)N(Cc1ccc(C)cc1)C(=O)CN(c1ccccc1OC)S(=O)(=O)c1ccccc1. The molecule has 3 rings (SSSR count). The smallest absolute Gasteiger partial charge is 0.264 e. The van der Waals surface area contributed by atoms with Crippen LogP contribution in [0.1, 0.15) is 24.5 Å². The van der Waals surface area contributed by atoms with Crippen molar-refractivity contribution in [2.75, 3.05) is 25.0 Å². The Hall–Kier alpha value is -3.85. The van der Waals surface area contributed by atoms with E-state index < -0.39 is 28.5 Å². The van der Waals surface area contributed by atoms with E-state index in [0.717, 1.165) is 15.4 Å². The summed E-state index contributed by atoms with van der Waals surface area (Å²) >= 11 is 0. The van der Waals surface area contributed by atoms with E-state index in [0.29, 0.717) is 12.2 Å². The summed E-state index contributed by atoms with van der Waals surface area (Å²) in [5.74, 6) is -0.530. The number of nitrogens with one attached hydrogen (secondary N) is 1. The molecule has 196 valence electrons. The Labute approximate surface area is 218 Å². The molecule has 0 bridgehead atoms. The molecule has 0 fully saturated rings. The molecule has 2 amide bonds. The number of carbonyl (C=O) groups is 2. The number of aryl methyl sites for hydroxylation is 1. The fourth-order valence-corrected chi connectivity index (χ4v) is 5.49. The highest BCUT2D eigenvalue weighted by atomic mass is 32.2. The van der Waals surface area contributed by atoms with Crippen molar-refractivity contribution in [1.82, 2.24) is 10.2 Å². The highest BCUT2D eigenvalue weighted by molar-refractivity contribution is 7.92. The van der Waals surface area contributed by atoms with Gasteiger partial charge in [0.05, 0.1) is 17.7 Å². The molecule has 0 aromatic heterocycles. The van der Waals surface area contributed by atoms with Gasteiger partial charge in [0.25, 0.3) is 10.0 Å². The minimum atomic E-state index is -4.15. The van der Waals surface area contributed by atoms with Crippen LogP contribution >= 0.6 is 0 Å². The predicted octanol–water partition coefficient (Wildman–Crippen LogP) is 3.75. The quantitative estimate of drug-likeness (QED) is 0.413. The molecule has 0 aliphatic rings. The highest BCUT2D eigenvalue weighted by Crippen LogP contribution is 2.32. The summed E-state index contributed by atoms with van der Waals surface area (Å²) in [5.41, 5.74) is 2.12. The summed E-state index contributed by atoms with van der Waals surface area (Å²) in [4.78, 5) is 28.1. The van der Waals surface area contributed by atoms with Crippen LogP contribution in [-0.4, -0.2) is 51.9 Å². The van der Waals surface area contributed by atoms with Crippen molar-refractivity contribution in [3.63, 3.8) is 0 Å². The predicted molar refractivity (Wildman–Crippen MR) is 144 cm³/mol. The van der Waals surface area contributed by atoms with Crippen LogP contribution in [0, 0.1) is 6.92 Å². The number of likely N-dealkylation sites (N-methyl/N-ethyl adjacent to an activating group) is 1. The number of hydrogen-bond donors (Lipinski definition) is 1. The summed E-state index contributed by atoms with van der Waals surface area (Å²) in [6.07, 6.45) is 0.359. The Morgan fingerprint density at radius 3 is 2.16 bits per heavy atom. The van der Waals surface area contributed by atoms with E-state index in [4.69, 9.17) is 4.74 Å². The van der Waals surface area contributed by atoms with Crippen LogP contribution in [0.25, 0.3) is 0 Å². The number of rotatable bonds is 11. The van der Waals surface area contributed by atoms with E-state index in [2.05, 4.69) is 5.32 Å². The second kappa shape index (κ2) is 12.4. The lowest BCUT2D eigenvalue weighted by Crippen LogP contribution is -2.51. The molecule has 0 aliphatic carbocycles. The number of sulfonamides is 1. The average Bonchev–Trinajstić information content (AvgIpc) is 2.92. The number of anilines is 1. The maximum absolute atomic E-state index is 13.9. The molecule has 9 heteroatoms.